The second kappa shape index (κ2) is 8.87. The number of thiophene rings is 1. The fourth-order valence-electron chi connectivity index (χ4n) is 7.71. The Bertz CT molecular complexity index is 2690. The van der Waals surface area contributed by atoms with Crippen molar-refractivity contribution < 1.29 is 0 Å². The number of hydrogen-bond acceptors (Lipinski definition) is 3. The minimum absolute atomic E-state index is 0.0969. The molecule has 212 valence electrons. The van der Waals surface area contributed by atoms with Gasteiger partial charge in [0.1, 0.15) is 4.83 Å². The Morgan fingerprint density at radius 3 is 2.16 bits per heavy atom. The van der Waals surface area contributed by atoms with E-state index in [0.29, 0.717) is 0 Å². The molecule has 45 heavy (non-hydrogen) atoms. The molecule has 3 heterocycles. The van der Waals surface area contributed by atoms with Gasteiger partial charge in [0.25, 0.3) is 0 Å². The predicted octanol–water partition coefficient (Wildman–Crippen LogP) is 11.1. The molecule has 0 unspecified atom stereocenters. The molecule has 3 aromatic heterocycles. The Balaban J connectivity index is 1.37. The maximum absolute atomic E-state index is 5.57. The van der Waals surface area contributed by atoms with Crippen molar-refractivity contribution in [1.82, 2.24) is 14.5 Å². The molecule has 9 aromatic rings. The zero-order valence-corrected chi connectivity index (χ0v) is 25.7. The van der Waals surface area contributed by atoms with Gasteiger partial charge < -0.3 is 0 Å². The van der Waals surface area contributed by atoms with Gasteiger partial charge in [0.15, 0.2) is 11.6 Å². The van der Waals surface area contributed by atoms with Gasteiger partial charge in [-0.3, -0.25) is 4.57 Å². The van der Waals surface area contributed by atoms with Crippen LogP contribution >= 0.6 is 11.3 Å². The first kappa shape index (κ1) is 25.1. The van der Waals surface area contributed by atoms with Gasteiger partial charge in [0.05, 0.1) is 16.4 Å². The fraction of sp³-hybridized carbons (Fsp3) is 0.0732. The summed E-state index contributed by atoms with van der Waals surface area (Å²) in [7, 11) is 0. The summed E-state index contributed by atoms with van der Waals surface area (Å²) in [6, 6.07) is 46.1. The highest BCUT2D eigenvalue weighted by atomic mass is 32.1. The van der Waals surface area contributed by atoms with Crippen molar-refractivity contribution in [2.45, 2.75) is 19.3 Å². The van der Waals surface area contributed by atoms with Crippen molar-refractivity contribution >= 4 is 64.2 Å². The van der Waals surface area contributed by atoms with E-state index in [0.717, 1.165) is 38.5 Å². The van der Waals surface area contributed by atoms with Crippen LogP contribution < -0.4 is 0 Å². The zero-order chi connectivity index (χ0) is 29.9. The standard InChI is InChI=1S/C41H27N3S/c1-41(2)31-18-8-5-15-27(31)36-29(17-11-19-32(36)41)38-42-39(37-28-16-7-10-21-35(28)45-40(37)43-38)44-33-20-9-6-14-26(33)30-22-24-12-3-4-13-25(24)23-34(30)44/h3-23H,1-2H3. The number of hydrogen-bond donors (Lipinski definition) is 0. The van der Waals surface area contributed by atoms with Crippen LogP contribution in [-0.2, 0) is 5.41 Å². The Labute approximate surface area is 264 Å². The lowest BCUT2D eigenvalue weighted by atomic mass is 9.82. The number of para-hydroxylation sites is 1. The van der Waals surface area contributed by atoms with Crippen LogP contribution in [0, 0.1) is 0 Å². The second-order valence-electron chi connectivity index (χ2n) is 12.6. The van der Waals surface area contributed by atoms with Gasteiger partial charge in [-0.25, -0.2) is 9.97 Å². The third-order valence-electron chi connectivity index (χ3n) is 9.82. The summed E-state index contributed by atoms with van der Waals surface area (Å²) in [4.78, 5) is 11.9. The molecule has 4 heteroatoms. The van der Waals surface area contributed by atoms with Crippen LogP contribution in [0.25, 0.3) is 81.2 Å². The molecule has 0 radical (unpaired) electrons. The third-order valence-corrected chi connectivity index (χ3v) is 10.9. The monoisotopic (exact) mass is 593 g/mol. The van der Waals surface area contributed by atoms with Crippen LogP contribution in [0.3, 0.4) is 0 Å². The Morgan fingerprint density at radius 2 is 1.27 bits per heavy atom. The molecule has 0 bridgehead atoms. The molecule has 0 saturated carbocycles. The SMILES string of the molecule is CC1(C)c2ccccc2-c2c(-c3nc(-n4c5ccccc5c5cc6ccccc6cc54)c4c(n3)sc3ccccc34)cccc21. The highest BCUT2D eigenvalue weighted by molar-refractivity contribution is 7.25. The third kappa shape index (κ3) is 3.35. The van der Waals surface area contributed by atoms with E-state index in [4.69, 9.17) is 9.97 Å². The molecule has 0 atom stereocenters. The van der Waals surface area contributed by atoms with Gasteiger partial charge in [-0.15, -0.1) is 11.3 Å². The summed E-state index contributed by atoms with van der Waals surface area (Å²) in [6.07, 6.45) is 0. The second-order valence-corrected chi connectivity index (χ2v) is 13.6. The lowest BCUT2D eigenvalue weighted by molar-refractivity contribution is 0.660. The van der Waals surface area contributed by atoms with Gasteiger partial charge in [0.2, 0.25) is 0 Å². The van der Waals surface area contributed by atoms with Crippen LogP contribution in [0.5, 0.6) is 0 Å². The molecule has 1 aliphatic rings. The average Bonchev–Trinajstić information content (AvgIpc) is 3.69. The van der Waals surface area contributed by atoms with Crippen LogP contribution in [0.2, 0.25) is 0 Å². The summed E-state index contributed by atoms with van der Waals surface area (Å²) in [5.41, 5.74) is 8.49. The minimum Gasteiger partial charge on any atom is -0.293 e. The summed E-state index contributed by atoms with van der Waals surface area (Å²) in [6.45, 7) is 4.65. The molecule has 0 aliphatic heterocycles. The van der Waals surface area contributed by atoms with Crippen molar-refractivity contribution in [3.05, 3.63) is 139 Å². The summed E-state index contributed by atoms with van der Waals surface area (Å²) >= 11 is 1.75. The number of nitrogens with zero attached hydrogens (tertiary/aromatic N) is 3. The molecule has 3 nitrogen and oxygen atoms in total. The summed E-state index contributed by atoms with van der Waals surface area (Å²) in [5, 5.41) is 7.20. The molecule has 0 saturated heterocycles. The Hall–Kier alpha value is -5.32. The van der Waals surface area contributed by atoms with Crippen molar-refractivity contribution in [2.24, 2.45) is 0 Å². The highest BCUT2D eigenvalue weighted by Crippen LogP contribution is 2.52. The van der Waals surface area contributed by atoms with Crippen LogP contribution in [0.4, 0.5) is 0 Å². The van der Waals surface area contributed by atoms with Gasteiger partial charge >= 0.3 is 0 Å². The van der Waals surface area contributed by atoms with E-state index in [1.165, 1.54) is 53.9 Å². The molecule has 6 aromatic carbocycles. The van der Waals surface area contributed by atoms with Crippen LogP contribution in [0.15, 0.2) is 127 Å². The fourth-order valence-corrected chi connectivity index (χ4v) is 8.78. The van der Waals surface area contributed by atoms with E-state index in [-0.39, 0.29) is 5.41 Å². The number of fused-ring (bicyclic) bond motifs is 10. The summed E-state index contributed by atoms with van der Waals surface area (Å²) < 4.78 is 3.60. The van der Waals surface area contributed by atoms with Gasteiger partial charge in [-0.05, 0) is 57.3 Å². The molecule has 10 rings (SSSR count). The molecular weight excluding hydrogens is 567 g/mol. The normalized spacial score (nSPS) is 13.7. The zero-order valence-electron chi connectivity index (χ0n) is 24.9. The average molecular weight is 594 g/mol. The Kier molecular flexibility index (Phi) is 4.94. The van der Waals surface area contributed by atoms with Crippen molar-refractivity contribution in [2.75, 3.05) is 0 Å². The molecular formula is C41H27N3S. The lowest BCUT2D eigenvalue weighted by Crippen LogP contribution is -2.14. The molecule has 0 spiro atoms. The van der Waals surface area contributed by atoms with Gasteiger partial charge in [0, 0.05) is 31.8 Å². The number of aromatic nitrogens is 3. The minimum atomic E-state index is -0.0969. The first-order valence-corrected chi connectivity index (χ1v) is 16.2. The number of benzene rings is 6. The van der Waals surface area contributed by atoms with Gasteiger partial charge in [-0.2, -0.15) is 0 Å². The predicted molar refractivity (Wildman–Crippen MR) is 190 cm³/mol. The molecule has 1 aliphatic carbocycles. The quantitative estimate of drug-likeness (QED) is 0.200. The molecule has 0 fully saturated rings. The molecule has 0 N–H and O–H groups in total. The number of rotatable bonds is 2. The van der Waals surface area contributed by atoms with Gasteiger partial charge in [-0.1, -0.05) is 117 Å². The van der Waals surface area contributed by atoms with Crippen molar-refractivity contribution in [3.8, 4) is 28.3 Å². The first-order chi connectivity index (χ1) is 22.1. The first-order valence-electron chi connectivity index (χ1n) is 15.4. The molecule has 0 amide bonds. The topological polar surface area (TPSA) is 30.7 Å². The maximum atomic E-state index is 5.57. The van der Waals surface area contributed by atoms with Crippen molar-refractivity contribution in [3.63, 3.8) is 0 Å². The van der Waals surface area contributed by atoms with Crippen LogP contribution in [-0.4, -0.2) is 14.5 Å². The van der Waals surface area contributed by atoms with E-state index in [1.54, 1.807) is 11.3 Å². The Morgan fingerprint density at radius 1 is 0.578 bits per heavy atom. The summed E-state index contributed by atoms with van der Waals surface area (Å²) in [5.74, 6) is 1.69. The van der Waals surface area contributed by atoms with E-state index in [9.17, 15) is 0 Å². The van der Waals surface area contributed by atoms with E-state index in [2.05, 4.69) is 146 Å². The smallest absolute Gasteiger partial charge is 0.163 e. The van der Waals surface area contributed by atoms with Crippen LogP contribution in [0.1, 0.15) is 25.0 Å². The van der Waals surface area contributed by atoms with E-state index in [1.807, 2.05) is 0 Å². The lowest BCUT2D eigenvalue weighted by Gasteiger charge is -2.21. The van der Waals surface area contributed by atoms with E-state index >= 15 is 0 Å². The largest absolute Gasteiger partial charge is 0.293 e. The highest BCUT2D eigenvalue weighted by Gasteiger charge is 2.37. The maximum Gasteiger partial charge on any atom is 0.163 e. The van der Waals surface area contributed by atoms with E-state index < -0.39 is 0 Å². The van der Waals surface area contributed by atoms with Crippen molar-refractivity contribution in [1.29, 1.82) is 0 Å².